The molecule has 5 heteroatoms. The quantitative estimate of drug-likeness (QED) is 0.782. The summed E-state index contributed by atoms with van der Waals surface area (Å²) in [6.07, 6.45) is 4.50. The van der Waals surface area contributed by atoms with E-state index in [1.807, 2.05) is 39.0 Å². The van der Waals surface area contributed by atoms with Gasteiger partial charge in [0, 0.05) is 0 Å². The minimum absolute atomic E-state index is 0.0408. The van der Waals surface area contributed by atoms with Crippen molar-refractivity contribution in [2.75, 3.05) is 0 Å². The molecule has 142 valence electrons. The zero-order chi connectivity index (χ0) is 18.9. The highest BCUT2D eigenvalue weighted by Gasteiger charge is 2.38. The highest BCUT2D eigenvalue weighted by molar-refractivity contribution is 5.73. The molecule has 2 atom stereocenters. The van der Waals surface area contributed by atoms with Crippen LogP contribution < -0.4 is 4.74 Å². The lowest BCUT2D eigenvalue weighted by molar-refractivity contribution is -0.154. The molecule has 0 amide bonds. The molecule has 0 aromatic heterocycles. The van der Waals surface area contributed by atoms with Crippen LogP contribution in [0.15, 0.2) is 18.2 Å². The molecule has 1 aliphatic carbocycles. The van der Waals surface area contributed by atoms with E-state index in [0.717, 1.165) is 42.6 Å². The Balaban J connectivity index is 1.60. The number of aliphatic carboxylic acids is 1. The zero-order valence-corrected chi connectivity index (χ0v) is 15.8. The maximum absolute atomic E-state index is 12.0. The Morgan fingerprint density at radius 3 is 2.62 bits per heavy atom. The fraction of sp³-hybridized carbons (Fsp3) is 0.619. The molecule has 3 rings (SSSR count). The van der Waals surface area contributed by atoms with Gasteiger partial charge < -0.3 is 14.6 Å². The molecule has 1 aliphatic heterocycles. The van der Waals surface area contributed by atoms with E-state index in [9.17, 15) is 14.7 Å². The first-order valence-electron chi connectivity index (χ1n) is 9.44. The number of rotatable bonds is 6. The van der Waals surface area contributed by atoms with E-state index in [0.29, 0.717) is 12.3 Å². The Kier molecular flexibility index (Phi) is 5.26. The number of carboxylic acids is 1. The number of fused-ring (bicyclic) bond motifs is 1. The van der Waals surface area contributed by atoms with E-state index >= 15 is 0 Å². The SMILES string of the molecule is CC(C)(C)OC(=O)Cc1ccc2c(c1)CC[C@H](C[C@H](C(=O)O)C1CC1)O2. The largest absolute Gasteiger partial charge is 0.490 e. The van der Waals surface area contributed by atoms with Gasteiger partial charge in [-0.05, 0) is 76.0 Å². The average molecular weight is 360 g/mol. The molecule has 0 spiro atoms. The van der Waals surface area contributed by atoms with Crippen LogP contribution in [0.25, 0.3) is 0 Å². The van der Waals surface area contributed by atoms with Crippen molar-refractivity contribution in [1.82, 2.24) is 0 Å². The lowest BCUT2D eigenvalue weighted by atomic mass is 9.91. The number of hydrogen-bond acceptors (Lipinski definition) is 4. The fourth-order valence-corrected chi connectivity index (χ4v) is 3.60. The van der Waals surface area contributed by atoms with Crippen molar-refractivity contribution >= 4 is 11.9 Å². The molecule has 1 saturated carbocycles. The van der Waals surface area contributed by atoms with Gasteiger partial charge in [-0.1, -0.05) is 12.1 Å². The van der Waals surface area contributed by atoms with Crippen molar-refractivity contribution in [2.45, 2.75) is 71.0 Å². The van der Waals surface area contributed by atoms with Gasteiger partial charge in [0.2, 0.25) is 0 Å². The van der Waals surface area contributed by atoms with Gasteiger partial charge in [0.05, 0.1) is 18.4 Å². The molecule has 0 saturated heterocycles. The molecule has 0 radical (unpaired) electrons. The van der Waals surface area contributed by atoms with Gasteiger partial charge in [-0.2, -0.15) is 0 Å². The molecule has 5 nitrogen and oxygen atoms in total. The zero-order valence-electron chi connectivity index (χ0n) is 15.8. The molecule has 1 aromatic carbocycles. The third-order valence-electron chi connectivity index (χ3n) is 4.95. The highest BCUT2D eigenvalue weighted by Crippen LogP contribution is 2.41. The summed E-state index contributed by atoms with van der Waals surface area (Å²) < 4.78 is 11.4. The van der Waals surface area contributed by atoms with E-state index in [1.54, 1.807) is 0 Å². The predicted octanol–water partition coefficient (Wildman–Crippen LogP) is 3.77. The van der Waals surface area contributed by atoms with Crippen LogP contribution >= 0.6 is 0 Å². The lowest BCUT2D eigenvalue weighted by Gasteiger charge is -2.28. The summed E-state index contributed by atoms with van der Waals surface area (Å²) in [6, 6.07) is 5.79. The van der Waals surface area contributed by atoms with E-state index in [2.05, 4.69) is 0 Å². The second-order valence-corrected chi connectivity index (χ2v) is 8.50. The van der Waals surface area contributed by atoms with Crippen LogP contribution in [0.3, 0.4) is 0 Å². The van der Waals surface area contributed by atoms with Crippen LogP contribution in [0, 0.1) is 11.8 Å². The number of esters is 1. The van der Waals surface area contributed by atoms with Crippen LogP contribution in [-0.2, 0) is 27.2 Å². The van der Waals surface area contributed by atoms with Crippen LogP contribution in [0.5, 0.6) is 5.75 Å². The Morgan fingerprint density at radius 2 is 2.00 bits per heavy atom. The molecule has 0 unspecified atom stereocenters. The number of carbonyl (C=O) groups excluding carboxylic acids is 1. The predicted molar refractivity (Wildman–Crippen MR) is 97.2 cm³/mol. The molecule has 26 heavy (non-hydrogen) atoms. The minimum Gasteiger partial charge on any atom is -0.490 e. The standard InChI is InChI=1S/C21H28O5/c1-21(2,3)26-19(22)11-13-4-9-18-15(10-13)7-8-16(25-18)12-17(20(23)24)14-5-6-14/h4,9-10,14,16-17H,5-8,11-12H2,1-3H3,(H,23,24)/t16-,17+/m1/s1. The van der Waals surface area contributed by atoms with E-state index in [-0.39, 0.29) is 24.4 Å². The van der Waals surface area contributed by atoms with E-state index in [4.69, 9.17) is 9.47 Å². The number of aryl methyl sites for hydroxylation is 1. The molecule has 1 fully saturated rings. The van der Waals surface area contributed by atoms with Crippen molar-refractivity contribution < 1.29 is 24.2 Å². The van der Waals surface area contributed by atoms with Crippen molar-refractivity contribution in [1.29, 1.82) is 0 Å². The van der Waals surface area contributed by atoms with Crippen molar-refractivity contribution in [3.8, 4) is 5.75 Å². The first kappa shape index (κ1) is 18.7. The molecule has 1 N–H and O–H groups in total. The summed E-state index contributed by atoms with van der Waals surface area (Å²) in [5, 5.41) is 9.41. The maximum atomic E-state index is 12.0. The van der Waals surface area contributed by atoms with Crippen LogP contribution in [0.4, 0.5) is 0 Å². The van der Waals surface area contributed by atoms with Crippen LogP contribution in [-0.4, -0.2) is 28.8 Å². The van der Waals surface area contributed by atoms with Gasteiger partial charge in [-0.25, -0.2) is 0 Å². The lowest BCUT2D eigenvalue weighted by Crippen LogP contribution is -2.29. The first-order chi connectivity index (χ1) is 12.2. The minimum atomic E-state index is -0.699. The summed E-state index contributed by atoms with van der Waals surface area (Å²) in [5.74, 6) is -0.0776. The smallest absolute Gasteiger partial charge is 0.310 e. The van der Waals surface area contributed by atoms with Gasteiger partial charge >= 0.3 is 11.9 Å². The molecule has 1 aromatic rings. The van der Waals surface area contributed by atoms with Gasteiger partial charge in [0.15, 0.2) is 0 Å². The average Bonchev–Trinajstić information content (AvgIpc) is 3.35. The Morgan fingerprint density at radius 1 is 1.27 bits per heavy atom. The number of carboxylic acid groups (broad SMARTS) is 1. The number of ether oxygens (including phenoxy) is 2. The molecular formula is C21H28O5. The topological polar surface area (TPSA) is 72.8 Å². The van der Waals surface area contributed by atoms with E-state index in [1.165, 1.54) is 0 Å². The van der Waals surface area contributed by atoms with Crippen molar-refractivity contribution in [3.63, 3.8) is 0 Å². The third-order valence-corrected chi connectivity index (χ3v) is 4.95. The normalized spacial score (nSPS) is 20.7. The van der Waals surface area contributed by atoms with Crippen LogP contribution in [0.2, 0.25) is 0 Å². The monoisotopic (exact) mass is 360 g/mol. The highest BCUT2D eigenvalue weighted by atomic mass is 16.6. The summed E-state index contributed by atoms with van der Waals surface area (Å²) in [7, 11) is 0. The van der Waals surface area contributed by atoms with Gasteiger partial charge in [-0.15, -0.1) is 0 Å². The summed E-state index contributed by atoms with van der Waals surface area (Å²) in [5.41, 5.74) is 1.52. The van der Waals surface area contributed by atoms with Gasteiger partial charge in [0.25, 0.3) is 0 Å². The number of benzene rings is 1. The second kappa shape index (κ2) is 7.29. The molecule has 0 bridgehead atoms. The number of hydrogen-bond donors (Lipinski definition) is 1. The fourth-order valence-electron chi connectivity index (χ4n) is 3.60. The maximum Gasteiger partial charge on any atom is 0.310 e. The Hall–Kier alpha value is -2.04. The number of carbonyl (C=O) groups is 2. The second-order valence-electron chi connectivity index (χ2n) is 8.50. The summed E-state index contributed by atoms with van der Waals surface area (Å²) in [6.45, 7) is 5.58. The Labute approximate surface area is 154 Å². The van der Waals surface area contributed by atoms with Crippen molar-refractivity contribution in [3.05, 3.63) is 29.3 Å². The molecular weight excluding hydrogens is 332 g/mol. The molecule has 1 heterocycles. The van der Waals surface area contributed by atoms with Gasteiger partial charge in [0.1, 0.15) is 11.4 Å². The van der Waals surface area contributed by atoms with E-state index < -0.39 is 11.6 Å². The van der Waals surface area contributed by atoms with Crippen molar-refractivity contribution in [2.24, 2.45) is 11.8 Å². The summed E-state index contributed by atoms with van der Waals surface area (Å²) >= 11 is 0. The van der Waals surface area contributed by atoms with Gasteiger partial charge in [-0.3, -0.25) is 9.59 Å². The summed E-state index contributed by atoms with van der Waals surface area (Å²) in [4.78, 5) is 23.4. The first-order valence-corrected chi connectivity index (χ1v) is 9.44. The third kappa shape index (κ3) is 4.99. The Bertz CT molecular complexity index is 684. The van der Waals surface area contributed by atoms with Crippen LogP contribution in [0.1, 0.15) is 57.6 Å². The molecule has 2 aliphatic rings.